The van der Waals surface area contributed by atoms with E-state index in [1.165, 1.54) is 0 Å². The fraction of sp³-hybridized carbons (Fsp3) is 0.273. The molecule has 6 rings (SSSR count). The van der Waals surface area contributed by atoms with Crippen LogP contribution in [0.2, 0.25) is 0 Å². The average Bonchev–Trinajstić information content (AvgIpc) is 3.58. The Hall–Kier alpha value is -4.28. The van der Waals surface area contributed by atoms with Gasteiger partial charge in [0.2, 0.25) is 0 Å². The van der Waals surface area contributed by atoms with E-state index in [1.807, 2.05) is 49.8 Å². The summed E-state index contributed by atoms with van der Waals surface area (Å²) in [5.41, 5.74) is 6.03. The molecule has 0 saturated heterocycles. The number of hydrogen-bond donors (Lipinski definition) is 1. The number of nitrogens with zero attached hydrogens (tertiary/aromatic N) is 8. The maximum atomic E-state index is 13.6. The Bertz CT molecular complexity index is 1510. The molecule has 0 spiro atoms. The number of carbonyl (C=O) groups excluding carboxylic acids is 1. The summed E-state index contributed by atoms with van der Waals surface area (Å²) >= 11 is 0. The standard InChI is InChI=1S/C22H21N9O2/c1-12-5-4-7-31-17(12)9-16(28-31)19-18-15(23-11-24-18)6-8-30(19)22(32)21-26-25-20(33-21)14-10-29(3)27-13(14)2/h4-5,7,9-11,19H,6,8H2,1-3H3,(H,23,24)/t19-/m0/s1. The summed E-state index contributed by atoms with van der Waals surface area (Å²) in [7, 11) is 1.81. The normalized spacial score (nSPS) is 15.8. The van der Waals surface area contributed by atoms with Crippen LogP contribution < -0.4 is 0 Å². The SMILES string of the molecule is Cc1nn(C)cc1-c1nnc(C(=O)N2CCc3[nH]cnc3[C@@H]2c2cc3c(C)cccn3n2)o1. The molecule has 1 N–H and O–H groups in total. The molecule has 11 nitrogen and oxygen atoms in total. The van der Waals surface area contributed by atoms with Crippen molar-refractivity contribution in [3.8, 4) is 11.5 Å². The fourth-order valence-corrected chi connectivity index (χ4v) is 4.46. The monoisotopic (exact) mass is 443 g/mol. The highest BCUT2D eigenvalue weighted by Gasteiger charge is 2.38. The third-order valence-corrected chi connectivity index (χ3v) is 6.05. The number of nitrogens with one attached hydrogen (secondary N) is 1. The van der Waals surface area contributed by atoms with Crippen molar-refractivity contribution in [3.05, 3.63) is 71.1 Å². The molecule has 0 saturated carbocycles. The lowest BCUT2D eigenvalue weighted by Crippen LogP contribution is -2.41. The minimum absolute atomic E-state index is 0.0721. The van der Waals surface area contributed by atoms with Crippen LogP contribution in [0.3, 0.4) is 0 Å². The average molecular weight is 443 g/mol. The van der Waals surface area contributed by atoms with Gasteiger partial charge < -0.3 is 14.3 Å². The zero-order valence-corrected chi connectivity index (χ0v) is 18.3. The van der Waals surface area contributed by atoms with Crippen molar-refractivity contribution < 1.29 is 9.21 Å². The highest BCUT2D eigenvalue weighted by atomic mass is 16.4. The molecule has 0 radical (unpaired) electrons. The number of fused-ring (bicyclic) bond motifs is 2. The summed E-state index contributed by atoms with van der Waals surface area (Å²) in [5.74, 6) is -0.166. The predicted molar refractivity (Wildman–Crippen MR) is 116 cm³/mol. The molecule has 6 heterocycles. The Morgan fingerprint density at radius 3 is 2.91 bits per heavy atom. The lowest BCUT2D eigenvalue weighted by Gasteiger charge is -2.32. The van der Waals surface area contributed by atoms with Crippen LogP contribution in [0, 0.1) is 13.8 Å². The van der Waals surface area contributed by atoms with Gasteiger partial charge in [-0.05, 0) is 31.5 Å². The molecule has 1 aliphatic heterocycles. The van der Waals surface area contributed by atoms with E-state index in [1.54, 1.807) is 22.1 Å². The van der Waals surface area contributed by atoms with Crippen LogP contribution in [0.5, 0.6) is 0 Å². The molecule has 166 valence electrons. The number of carbonyl (C=O) groups is 1. The largest absolute Gasteiger partial charge is 0.412 e. The van der Waals surface area contributed by atoms with Crippen LogP contribution in [-0.4, -0.2) is 56.9 Å². The van der Waals surface area contributed by atoms with Crippen molar-refractivity contribution in [2.75, 3.05) is 6.54 Å². The van der Waals surface area contributed by atoms with Crippen LogP contribution in [0.4, 0.5) is 0 Å². The molecule has 1 amide bonds. The summed E-state index contributed by atoms with van der Waals surface area (Å²) < 4.78 is 9.28. The number of amides is 1. The van der Waals surface area contributed by atoms with Crippen LogP contribution in [-0.2, 0) is 13.5 Å². The second-order valence-corrected chi connectivity index (χ2v) is 8.22. The van der Waals surface area contributed by atoms with E-state index in [-0.39, 0.29) is 17.7 Å². The molecule has 5 aromatic heterocycles. The maximum absolute atomic E-state index is 13.6. The molecule has 0 fully saturated rings. The van der Waals surface area contributed by atoms with Gasteiger partial charge in [0.05, 0.1) is 34.5 Å². The third kappa shape index (κ3) is 3.04. The summed E-state index contributed by atoms with van der Waals surface area (Å²) in [6.07, 6.45) is 5.98. The van der Waals surface area contributed by atoms with Gasteiger partial charge in [0.1, 0.15) is 6.04 Å². The van der Waals surface area contributed by atoms with Crippen molar-refractivity contribution in [2.45, 2.75) is 26.3 Å². The number of aryl methyl sites for hydroxylation is 3. The number of hydrogen-bond acceptors (Lipinski definition) is 7. The third-order valence-electron chi connectivity index (χ3n) is 6.05. The molecule has 33 heavy (non-hydrogen) atoms. The summed E-state index contributed by atoms with van der Waals surface area (Å²) in [4.78, 5) is 23.0. The van der Waals surface area contributed by atoms with Crippen molar-refractivity contribution in [1.29, 1.82) is 0 Å². The molecule has 11 heteroatoms. The minimum atomic E-state index is -0.470. The number of pyridine rings is 1. The van der Waals surface area contributed by atoms with Crippen LogP contribution >= 0.6 is 0 Å². The summed E-state index contributed by atoms with van der Waals surface area (Å²) in [6, 6.07) is 5.51. The quantitative estimate of drug-likeness (QED) is 0.454. The molecular weight excluding hydrogens is 422 g/mol. The Labute approximate surface area is 188 Å². The topological polar surface area (TPSA) is 123 Å². The fourth-order valence-electron chi connectivity index (χ4n) is 4.46. The van der Waals surface area contributed by atoms with Crippen molar-refractivity contribution in [3.63, 3.8) is 0 Å². The van der Waals surface area contributed by atoms with Crippen molar-refractivity contribution >= 4 is 11.4 Å². The zero-order valence-electron chi connectivity index (χ0n) is 18.3. The Balaban J connectivity index is 1.41. The second kappa shape index (κ2) is 7.12. The number of H-pyrrole nitrogens is 1. The molecule has 0 bridgehead atoms. The van der Waals surface area contributed by atoms with Crippen molar-refractivity contribution in [1.82, 2.24) is 44.5 Å². The zero-order chi connectivity index (χ0) is 22.7. The lowest BCUT2D eigenvalue weighted by atomic mass is 9.99. The number of imidazole rings is 1. The van der Waals surface area contributed by atoms with Gasteiger partial charge in [-0.15, -0.1) is 10.2 Å². The molecule has 1 atom stereocenters. The molecule has 0 aliphatic carbocycles. The number of aromatic nitrogens is 8. The highest BCUT2D eigenvalue weighted by molar-refractivity contribution is 5.90. The first-order chi connectivity index (χ1) is 16.0. The van der Waals surface area contributed by atoms with E-state index in [9.17, 15) is 4.79 Å². The smallest absolute Gasteiger partial charge is 0.312 e. The van der Waals surface area contributed by atoms with Crippen LogP contribution in [0.25, 0.3) is 17.0 Å². The van der Waals surface area contributed by atoms with E-state index < -0.39 is 6.04 Å². The first kappa shape index (κ1) is 19.4. The molecule has 0 unspecified atom stereocenters. The number of aromatic amines is 1. The number of rotatable bonds is 3. The van der Waals surface area contributed by atoms with Gasteiger partial charge in [-0.25, -0.2) is 9.50 Å². The molecule has 0 aromatic carbocycles. The molecule has 1 aliphatic rings. The Morgan fingerprint density at radius 1 is 1.24 bits per heavy atom. The molecular formula is C22H21N9O2. The van der Waals surface area contributed by atoms with Gasteiger partial charge in [-0.1, -0.05) is 6.07 Å². The second-order valence-electron chi connectivity index (χ2n) is 8.22. The Kier molecular flexibility index (Phi) is 4.19. The minimum Gasteiger partial charge on any atom is -0.412 e. The maximum Gasteiger partial charge on any atom is 0.312 e. The predicted octanol–water partition coefficient (Wildman–Crippen LogP) is 2.25. The van der Waals surface area contributed by atoms with E-state index in [0.29, 0.717) is 18.5 Å². The van der Waals surface area contributed by atoms with Crippen LogP contribution in [0.1, 0.15) is 45.1 Å². The van der Waals surface area contributed by atoms with E-state index in [4.69, 9.17) is 9.52 Å². The van der Waals surface area contributed by atoms with Gasteiger partial charge in [-0.2, -0.15) is 10.2 Å². The van der Waals surface area contributed by atoms with E-state index >= 15 is 0 Å². The van der Waals surface area contributed by atoms with E-state index in [2.05, 4.69) is 25.3 Å². The van der Waals surface area contributed by atoms with Gasteiger partial charge in [0.25, 0.3) is 5.89 Å². The van der Waals surface area contributed by atoms with Gasteiger partial charge >= 0.3 is 11.8 Å². The first-order valence-corrected chi connectivity index (χ1v) is 10.6. The van der Waals surface area contributed by atoms with E-state index in [0.717, 1.165) is 33.9 Å². The summed E-state index contributed by atoms with van der Waals surface area (Å²) in [5, 5.41) is 17.2. The first-order valence-electron chi connectivity index (χ1n) is 10.6. The molecule has 5 aromatic rings. The summed E-state index contributed by atoms with van der Waals surface area (Å²) in [6.45, 7) is 4.35. The highest BCUT2D eigenvalue weighted by Crippen LogP contribution is 2.34. The van der Waals surface area contributed by atoms with Gasteiger partial charge in [0, 0.05) is 38.1 Å². The van der Waals surface area contributed by atoms with Crippen LogP contribution in [0.15, 0.2) is 41.3 Å². The van der Waals surface area contributed by atoms with Gasteiger partial charge in [0.15, 0.2) is 0 Å². The Morgan fingerprint density at radius 2 is 2.12 bits per heavy atom. The lowest BCUT2D eigenvalue weighted by molar-refractivity contribution is 0.0646. The van der Waals surface area contributed by atoms with Gasteiger partial charge in [-0.3, -0.25) is 9.48 Å². The van der Waals surface area contributed by atoms with Crippen molar-refractivity contribution in [2.24, 2.45) is 7.05 Å².